The fourth-order valence-corrected chi connectivity index (χ4v) is 2.29. The largest absolute Gasteiger partial charge is 0.395 e. The van der Waals surface area contributed by atoms with Gasteiger partial charge in [-0.25, -0.2) is 9.97 Å². The summed E-state index contributed by atoms with van der Waals surface area (Å²) in [5.41, 5.74) is 5.51. The van der Waals surface area contributed by atoms with Gasteiger partial charge in [0.2, 0.25) is 0 Å². The number of nitrogens with two attached hydrogens (primary N) is 1. The highest BCUT2D eigenvalue weighted by Crippen LogP contribution is 2.26. The maximum Gasteiger partial charge on any atom is 0.147 e. The molecule has 1 fully saturated rings. The van der Waals surface area contributed by atoms with E-state index in [0.717, 1.165) is 5.82 Å². The number of nitrogen functional groups attached to an aromatic ring is 1. The molecule has 0 unspecified atom stereocenters. The lowest BCUT2D eigenvalue weighted by Crippen LogP contribution is -2.36. The molecule has 0 atom stereocenters. The molecule has 5 heteroatoms. The van der Waals surface area contributed by atoms with E-state index in [9.17, 15) is 0 Å². The van der Waals surface area contributed by atoms with E-state index in [1.807, 2.05) is 0 Å². The van der Waals surface area contributed by atoms with Crippen LogP contribution in [0.15, 0.2) is 12.4 Å². The van der Waals surface area contributed by atoms with Crippen LogP contribution in [-0.4, -0.2) is 34.3 Å². The SMILES string of the molecule is Nc1cnc(N(CCO)C2CCCC2)cn1. The smallest absolute Gasteiger partial charge is 0.147 e. The molecule has 2 rings (SSSR count). The van der Waals surface area contributed by atoms with Crippen LogP contribution in [0.4, 0.5) is 11.6 Å². The highest BCUT2D eigenvalue weighted by atomic mass is 16.3. The van der Waals surface area contributed by atoms with Crippen LogP contribution in [0.3, 0.4) is 0 Å². The summed E-state index contributed by atoms with van der Waals surface area (Å²) < 4.78 is 0. The van der Waals surface area contributed by atoms with Gasteiger partial charge in [-0.1, -0.05) is 12.8 Å². The van der Waals surface area contributed by atoms with Crippen molar-refractivity contribution in [3.63, 3.8) is 0 Å². The van der Waals surface area contributed by atoms with Crippen LogP contribution in [0.5, 0.6) is 0 Å². The number of hydrogen-bond donors (Lipinski definition) is 2. The van der Waals surface area contributed by atoms with E-state index in [-0.39, 0.29) is 6.61 Å². The zero-order chi connectivity index (χ0) is 11.4. The zero-order valence-electron chi connectivity index (χ0n) is 9.34. The first kappa shape index (κ1) is 11.1. The topological polar surface area (TPSA) is 75.3 Å². The lowest BCUT2D eigenvalue weighted by molar-refractivity contribution is 0.297. The molecular weight excluding hydrogens is 204 g/mol. The summed E-state index contributed by atoms with van der Waals surface area (Å²) >= 11 is 0. The third kappa shape index (κ3) is 2.41. The fraction of sp³-hybridized carbons (Fsp3) is 0.636. The number of nitrogens with zero attached hydrogens (tertiary/aromatic N) is 3. The number of hydrogen-bond acceptors (Lipinski definition) is 5. The summed E-state index contributed by atoms with van der Waals surface area (Å²) in [6.07, 6.45) is 8.11. The third-order valence-electron chi connectivity index (χ3n) is 3.06. The van der Waals surface area contributed by atoms with Crippen molar-refractivity contribution in [2.24, 2.45) is 0 Å². The summed E-state index contributed by atoms with van der Waals surface area (Å²) in [7, 11) is 0. The molecule has 5 nitrogen and oxygen atoms in total. The molecule has 88 valence electrons. The molecule has 1 saturated carbocycles. The highest BCUT2D eigenvalue weighted by Gasteiger charge is 2.23. The first-order valence-electron chi connectivity index (χ1n) is 5.76. The Morgan fingerprint density at radius 1 is 1.31 bits per heavy atom. The van der Waals surface area contributed by atoms with E-state index >= 15 is 0 Å². The Labute approximate surface area is 95.3 Å². The van der Waals surface area contributed by atoms with Gasteiger partial charge >= 0.3 is 0 Å². The van der Waals surface area contributed by atoms with Crippen molar-refractivity contribution in [2.75, 3.05) is 23.8 Å². The van der Waals surface area contributed by atoms with Crippen LogP contribution in [0.2, 0.25) is 0 Å². The van der Waals surface area contributed by atoms with Crippen molar-refractivity contribution in [3.05, 3.63) is 12.4 Å². The van der Waals surface area contributed by atoms with Crippen molar-refractivity contribution >= 4 is 11.6 Å². The van der Waals surface area contributed by atoms with Gasteiger partial charge in [-0.3, -0.25) is 0 Å². The molecule has 1 aromatic rings. The maximum atomic E-state index is 9.10. The van der Waals surface area contributed by atoms with Crippen LogP contribution in [0, 0.1) is 0 Å². The second-order valence-electron chi connectivity index (χ2n) is 4.15. The lowest BCUT2D eigenvalue weighted by atomic mass is 10.2. The minimum Gasteiger partial charge on any atom is -0.395 e. The number of aliphatic hydroxyl groups excluding tert-OH is 1. The van der Waals surface area contributed by atoms with Gasteiger partial charge in [0.05, 0.1) is 19.0 Å². The normalized spacial score (nSPS) is 16.6. The van der Waals surface area contributed by atoms with Gasteiger partial charge < -0.3 is 15.7 Å². The minimum absolute atomic E-state index is 0.141. The molecule has 0 amide bonds. The monoisotopic (exact) mass is 222 g/mol. The second kappa shape index (κ2) is 5.12. The third-order valence-corrected chi connectivity index (χ3v) is 3.06. The average Bonchev–Trinajstić information content (AvgIpc) is 2.81. The highest BCUT2D eigenvalue weighted by molar-refractivity contribution is 5.40. The Balaban J connectivity index is 2.14. The van der Waals surface area contributed by atoms with Gasteiger partial charge in [0.1, 0.15) is 11.6 Å². The fourth-order valence-electron chi connectivity index (χ4n) is 2.29. The van der Waals surface area contributed by atoms with Gasteiger partial charge in [-0.15, -0.1) is 0 Å². The Morgan fingerprint density at radius 3 is 2.62 bits per heavy atom. The van der Waals surface area contributed by atoms with Crippen LogP contribution in [0.25, 0.3) is 0 Å². The van der Waals surface area contributed by atoms with Crippen molar-refractivity contribution in [3.8, 4) is 0 Å². The molecule has 1 heterocycles. The first-order chi connectivity index (χ1) is 7.81. The molecule has 16 heavy (non-hydrogen) atoms. The van der Waals surface area contributed by atoms with Gasteiger partial charge in [0.25, 0.3) is 0 Å². The van der Waals surface area contributed by atoms with E-state index in [4.69, 9.17) is 10.8 Å². The summed E-state index contributed by atoms with van der Waals surface area (Å²) in [4.78, 5) is 10.5. The van der Waals surface area contributed by atoms with Gasteiger partial charge in [0.15, 0.2) is 0 Å². The average molecular weight is 222 g/mol. The summed E-state index contributed by atoms with van der Waals surface area (Å²) in [5, 5.41) is 9.10. The molecule has 0 aliphatic heterocycles. The van der Waals surface area contributed by atoms with E-state index in [1.165, 1.54) is 25.7 Å². The van der Waals surface area contributed by atoms with Crippen LogP contribution < -0.4 is 10.6 Å². The Morgan fingerprint density at radius 2 is 2.06 bits per heavy atom. The Kier molecular flexibility index (Phi) is 3.56. The predicted octanol–water partition coefficient (Wildman–Crippen LogP) is 0.800. The van der Waals surface area contributed by atoms with Crippen molar-refractivity contribution in [1.29, 1.82) is 0 Å². The molecule has 1 aliphatic carbocycles. The summed E-state index contributed by atoms with van der Waals surface area (Å²) in [6, 6.07) is 0.491. The number of rotatable bonds is 4. The molecule has 1 aliphatic rings. The summed E-state index contributed by atoms with van der Waals surface area (Å²) in [6.45, 7) is 0.756. The quantitative estimate of drug-likeness (QED) is 0.788. The van der Waals surface area contributed by atoms with E-state index < -0.39 is 0 Å². The van der Waals surface area contributed by atoms with E-state index in [2.05, 4.69) is 14.9 Å². The molecular formula is C11H18N4O. The molecule has 0 aromatic carbocycles. The zero-order valence-corrected chi connectivity index (χ0v) is 9.34. The van der Waals surface area contributed by atoms with Crippen molar-refractivity contribution in [2.45, 2.75) is 31.7 Å². The van der Waals surface area contributed by atoms with Crippen LogP contribution in [-0.2, 0) is 0 Å². The number of anilines is 2. The van der Waals surface area contributed by atoms with Crippen LogP contribution in [0.1, 0.15) is 25.7 Å². The molecule has 3 N–H and O–H groups in total. The molecule has 1 aromatic heterocycles. The molecule has 0 spiro atoms. The Bertz CT molecular complexity index is 321. The van der Waals surface area contributed by atoms with Gasteiger partial charge in [-0.2, -0.15) is 0 Å². The van der Waals surface area contributed by atoms with Crippen LogP contribution >= 0.6 is 0 Å². The standard InChI is InChI=1S/C11H18N4O/c12-10-7-14-11(8-13-10)15(5-6-16)9-3-1-2-4-9/h7-9,16H,1-6H2,(H2,12,13). The first-order valence-corrected chi connectivity index (χ1v) is 5.76. The predicted molar refractivity (Wildman–Crippen MR) is 63.1 cm³/mol. The minimum atomic E-state index is 0.141. The second-order valence-corrected chi connectivity index (χ2v) is 4.15. The number of aliphatic hydroxyl groups is 1. The molecule has 0 bridgehead atoms. The van der Waals surface area contributed by atoms with E-state index in [1.54, 1.807) is 12.4 Å². The van der Waals surface area contributed by atoms with Gasteiger partial charge in [-0.05, 0) is 12.8 Å². The maximum absolute atomic E-state index is 9.10. The number of aromatic nitrogens is 2. The van der Waals surface area contributed by atoms with E-state index in [0.29, 0.717) is 18.4 Å². The summed E-state index contributed by atoms with van der Waals surface area (Å²) in [5.74, 6) is 1.24. The van der Waals surface area contributed by atoms with Crippen molar-refractivity contribution < 1.29 is 5.11 Å². The molecule has 0 saturated heterocycles. The molecule has 0 radical (unpaired) electrons. The Hall–Kier alpha value is -1.36. The lowest BCUT2D eigenvalue weighted by Gasteiger charge is -2.29. The van der Waals surface area contributed by atoms with Crippen molar-refractivity contribution in [1.82, 2.24) is 9.97 Å². The van der Waals surface area contributed by atoms with Gasteiger partial charge in [0, 0.05) is 12.6 Å².